The van der Waals surface area contributed by atoms with Gasteiger partial charge in [-0.3, -0.25) is 9.78 Å². The van der Waals surface area contributed by atoms with Crippen LogP contribution in [0.2, 0.25) is 0 Å². The van der Waals surface area contributed by atoms with E-state index in [2.05, 4.69) is 15.3 Å². The fourth-order valence-electron chi connectivity index (χ4n) is 3.09. The van der Waals surface area contributed by atoms with Crippen LogP contribution in [-0.2, 0) is 16.4 Å². The summed E-state index contributed by atoms with van der Waals surface area (Å²) < 4.78 is 27.1. The average molecular weight is 388 g/mol. The molecule has 1 fully saturated rings. The lowest BCUT2D eigenvalue weighted by molar-refractivity contribution is 0.0948. The van der Waals surface area contributed by atoms with Crippen molar-refractivity contribution >= 4 is 15.9 Å². The summed E-state index contributed by atoms with van der Waals surface area (Å²) in [4.78, 5) is 20.1. The van der Waals surface area contributed by atoms with Crippen LogP contribution >= 0.6 is 0 Å². The minimum Gasteiger partial charge on any atom is -0.350 e. The molecule has 1 aromatic heterocycles. The Hall–Kier alpha value is -2.32. The molecule has 1 N–H and O–H groups in total. The third-order valence-corrected chi connectivity index (χ3v) is 6.53. The van der Waals surface area contributed by atoms with E-state index in [1.807, 2.05) is 0 Å². The molecule has 3 rings (SSSR count). The highest BCUT2D eigenvalue weighted by Gasteiger charge is 2.24. The van der Waals surface area contributed by atoms with E-state index in [1.54, 1.807) is 28.6 Å². The number of carbonyl (C=O) groups excluding carboxylic acids is 1. The second-order valence-electron chi connectivity index (χ2n) is 6.56. The van der Waals surface area contributed by atoms with Crippen molar-refractivity contribution < 1.29 is 13.2 Å². The van der Waals surface area contributed by atoms with Gasteiger partial charge in [-0.1, -0.05) is 25.0 Å². The largest absolute Gasteiger partial charge is 0.350 e. The van der Waals surface area contributed by atoms with Crippen LogP contribution in [0.1, 0.15) is 41.7 Å². The van der Waals surface area contributed by atoms with E-state index in [1.165, 1.54) is 18.6 Å². The van der Waals surface area contributed by atoms with Crippen molar-refractivity contribution in [2.24, 2.45) is 0 Å². The van der Waals surface area contributed by atoms with Crippen molar-refractivity contribution in [2.75, 3.05) is 19.6 Å². The monoisotopic (exact) mass is 388 g/mol. The van der Waals surface area contributed by atoms with Gasteiger partial charge < -0.3 is 5.32 Å². The second-order valence-corrected chi connectivity index (χ2v) is 8.50. The molecule has 0 saturated carbocycles. The quantitative estimate of drug-likeness (QED) is 0.817. The fourth-order valence-corrected chi connectivity index (χ4v) is 4.60. The summed E-state index contributed by atoms with van der Waals surface area (Å²) in [6, 6.07) is 6.92. The maximum absolute atomic E-state index is 12.8. The summed E-state index contributed by atoms with van der Waals surface area (Å²) in [5.41, 5.74) is 1.24. The molecular weight excluding hydrogens is 364 g/mol. The topological polar surface area (TPSA) is 92.3 Å². The normalized spacial score (nSPS) is 15.9. The molecule has 0 unspecified atom stereocenters. The standard InChI is InChI=1S/C19H24N4O3S/c24-19(18-15-20-11-12-21-18)22-10-9-16-5-7-17(8-6-16)27(25,26)23-13-3-1-2-4-14-23/h5-8,11-12,15H,1-4,9-10,13-14H2,(H,22,24). The van der Waals surface area contributed by atoms with E-state index >= 15 is 0 Å². The van der Waals surface area contributed by atoms with Crippen LogP contribution in [0.4, 0.5) is 0 Å². The van der Waals surface area contributed by atoms with E-state index in [0.29, 0.717) is 31.0 Å². The Labute approximate surface area is 159 Å². The van der Waals surface area contributed by atoms with Crippen molar-refractivity contribution in [3.05, 3.63) is 54.1 Å². The third-order valence-electron chi connectivity index (χ3n) is 4.62. The lowest BCUT2D eigenvalue weighted by Gasteiger charge is -2.20. The van der Waals surface area contributed by atoms with Gasteiger partial charge in [0.2, 0.25) is 10.0 Å². The van der Waals surface area contributed by atoms with E-state index < -0.39 is 10.0 Å². The number of sulfonamides is 1. The number of nitrogens with one attached hydrogen (secondary N) is 1. The van der Waals surface area contributed by atoms with Gasteiger partial charge in [-0.2, -0.15) is 4.31 Å². The highest BCUT2D eigenvalue weighted by atomic mass is 32.2. The number of nitrogens with zero attached hydrogens (tertiary/aromatic N) is 3. The van der Waals surface area contributed by atoms with Crippen LogP contribution in [0.25, 0.3) is 0 Å². The summed E-state index contributed by atoms with van der Waals surface area (Å²) in [5, 5.41) is 2.78. The summed E-state index contributed by atoms with van der Waals surface area (Å²) in [5.74, 6) is -0.275. The average Bonchev–Trinajstić information content (AvgIpc) is 2.99. The maximum atomic E-state index is 12.8. The Kier molecular flexibility index (Phi) is 6.52. The molecule has 0 spiro atoms. The molecule has 0 aliphatic carbocycles. The van der Waals surface area contributed by atoms with Gasteiger partial charge in [0.1, 0.15) is 5.69 Å². The van der Waals surface area contributed by atoms with Crippen LogP contribution in [-0.4, -0.2) is 48.2 Å². The molecule has 1 aliphatic heterocycles. The van der Waals surface area contributed by atoms with Gasteiger partial charge in [-0.05, 0) is 37.0 Å². The summed E-state index contributed by atoms with van der Waals surface area (Å²) in [6.07, 6.45) is 9.02. The van der Waals surface area contributed by atoms with Gasteiger partial charge in [0.15, 0.2) is 0 Å². The lowest BCUT2D eigenvalue weighted by atomic mass is 10.1. The first kappa shape index (κ1) is 19.4. The van der Waals surface area contributed by atoms with Crippen LogP contribution in [0.5, 0.6) is 0 Å². The first-order valence-corrected chi connectivity index (χ1v) is 10.6. The van der Waals surface area contributed by atoms with Crippen molar-refractivity contribution in [1.29, 1.82) is 0 Å². The van der Waals surface area contributed by atoms with Crippen molar-refractivity contribution in [1.82, 2.24) is 19.6 Å². The molecule has 1 amide bonds. The molecule has 1 aliphatic rings. The second kappa shape index (κ2) is 9.05. The molecule has 0 bridgehead atoms. The van der Waals surface area contributed by atoms with Crippen molar-refractivity contribution in [3.8, 4) is 0 Å². The van der Waals surface area contributed by atoms with Crippen LogP contribution < -0.4 is 5.32 Å². The number of benzene rings is 1. The zero-order valence-corrected chi connectivity index (χ0v) is 16.0. The zero-order chi connectivity index (χ0) is 19.1. The fraction of sp³-hybridized carbons (Fsp3) is 0.421. The van der Waals surface area contributed by atoms with Gasteiger partial charge in [-0.25, -0.2) is 13.4 Å². The number of amides is 1. The number of hydrogen-bond donors (Lipinski definition) is 1. The van der Waals surface area contributed by atoms with E-state index in [9.17, 15) is 13.2 Å². The SMILES string of the molecule is O=C(NCCc1ccc(S(=O)(=O)N2CCCCCC2)cc1)c1cnccn1. The smallest absolute Gasteiger partial charge is 0.271 e. The Balaban J connectivity index is 1.56. The van der Waals surface area contributed by atoms with Gasteiger partial charge in [0.05, 0.1) is 11.1 Å². The molecule has 8 heteroatoms. The Morgan fingerprint density at radius 3 is 2.37 bits per heavy atom. The van der Waals surface area contributed by atoms with Crippen molar-refractivity contribution in [3.63, 3.8) is 0 Å². The highest BCUT2D eigenvalue weighted by Crippen LogP contribution is 2.20. The molecule has 0 atom stereocenters. The van der Waals surface area contributed by atoms with Crippen molar-refractivity contribution in [2.45, 2.75) is 37.0 Å². The first-order valence-electron chi connectivity index (χ1n) is 9.21. The summed E-state index contributed by atoms with van der Waals surface area (Å²) >= 11 is 0. The Bertz CT molecular complexity index is 846. The molecule has 1 aromatic carbocycles. The van der Waals surface area contributed by atoms with Crippen LogP contribution in [0.3, 0.4) is 0 Å². The summed E-state index contributed by atoms with van der Waals surface area (Å²) in [7, 11) is -3.42. The zero-order valence-electron chi connectivity index (χ0n) is 15.2. The first-order chi connectivity index (χ1) is 13.1. The van der Waals surface area contributed by atoms with Gasteiger partial charge in [0, 0.05) is 32.0 Å². The Morgan fingerprint density at radius 1 is 1.04 bits per heavy atom. The van der Waals surface area contributed by atoms with Gasteiger partial charge in [-0.15, -0.1) is 0 Å². The number of aromatic nitrogens is 2. The number of carbonyl (C=O) groups is 1. The molecular formula is C19H24N4O3S. The maximum Gasteiger partial charge on any atom is 0.271 e. The molecule has 2 heterocycles. The minimum absolute atomic E-state index is 0.274. The lowest BCUT2D eigenvalue weighted by Crippen LogP contribution is -2.31. The third kappa shape index (κ3) is 5.11. The van der Waals surface area contributed by atoms with Gasteiger partial charge >= 0.3 is 0 Å². The predicted molar refractivity (Wildman–Crippen MR) is 102 cm³/mol. The van der Waals surface area contributed by atoms with Gasteiger partial charge in [0.25, 0.3) is 5.91 Å². The van der Waals surface area contributed by atoms with Crippen LogP contribution in [0.15, 0.2) is 47.8 Å². The minimum atomic E-state index is -3.42. The number of hydrogen-bond acceptors (Lipinski definition) is 5. The molecule has 144 valence electrons. The highest BCUT2D eigenvalue weighted by molar-refractivity contribution is 7.89. The molecule has 27 heavy (non-hydrogen) atoms. The molecule has 2 aromatic rings. The number of rotatable bonds is 6. The van der Waals surface area contributed by atoms with Crippen LogP contribution in [0, 0.1) is 0 Å². The van der Waals surface area contributed by atoms with E-state index in [4.69, 9.17) is 0 Å². The summed E-state index contributed by atoms with van der Waals surface area (Å²) in [6.45, 7) is 1.63. The van der Waals surface area contributed by atoms with E-state index in [-0.39, 0.29) is 11.6 Å². The predicted octanol–water partition coefficient (Wildman–Crippen LogP) is 2.01. The molecule has 0 radical (unpaired) electrons. The van der Waals surface area contributed by atoms with E-state index in [0.717, 1.165) is 31.2 Å². The molecule has 7 nitrogen and oxygen atoms in total. The Morgan fingerprint density at radius 2 is 1.74 bits per heavy atom. The molecule has 1 saturated heterocycles.